The summed E-state index contributed by atoms with van der Waals surface area (Å²) in [6.45, 7) is 1.98. The molecule has 1 N–H and O–H groups in total. The van der Waals surface area contributed by atoms with Gasteiger partial charge in [-0.1, -0.05) is 19.1 Å². The van der Waals surface area contributed by atoms with Gasteiger partial charge >= 0.3 is 0 Å². The van der Waals surface area contributed by atoms with E-state index in [4.69, 9.17) is 0 Å². The molecule has 20 heavy (non-hydrogen) atoms. The zero-order valence-electron chi connectivity index (χ0n) is 11.0. The lowest BCUT2D eigenvalue weighted by atomic mass is 10.2. The van der Waals surface area contributed by atoms with Crippen molar-refractivity contribution in [3.63, 3.8) is 0 Å². The van der Waals surface area contributed by atoms with Gasteiger partial charge in [0.15, 0.2) is 5.13 Å². The van der Waals surface area contributed by atoms with E-state index in [1.54, 1.807) is 18.3 Å². The fourth-order valence-electron chi connectivity index (χ4n) is 1.65. The maximum absolute atomic E-state index is 13.0. The van der Waals surface area contributed by atoms with E-state index in [0.717, 1.165) is 11.3 Å². The van der Waals surface area contributed by atoms with Crippen LogP contribution < -0.4 is 4.72 Å². The topological polar surface area (TPSA) is 59.1 Å². The summed E-state index contributed by atoms with van der Waals surface area (Å²) in [4.78, 5) is 5.03. The third-order valence-corrected chi connectivity index (χ3v) is 5.13. The minimum atomic E-state index is -3.47. The summed E-state index contributed by atoms with van der Waals surface area (Å²) in [5.41, 5.74) is 0.656. The molecule has 0 spiro atoms. The molecule has 0 aliphatic carbocycles. The maximum atomic E-state index is 13.0. The normalized spacial score (nSPS) is 11.5. The molecule has 1 aromatic heterocycles. The largest absolute Gasteiger partial charge is 0.259 e. The Bertz CT molecular complexity index is 683. The van der Waals surface area contributed by atoms with Crippen molar-refractivity contribution in [2.75, 3.05) is 10.5 Å². The van der Waals surface area contributed by atoms with Gasteiger partial charge in [-0.25, -0.2) is 17.8 Å². The fraction of sp³-hybridized carbons (Fsp3) is 0.308. The Balaban J connectivity index is 1.97. The van der Waals surface area contributed by atoms with E-state index in [9.17, 15) is 12.8 Å². The number of nitrogens with one attached hydrogen (secondary N) is 1. The number of thiazole rings is 1. The minimum absolute atomic E-state index is 0.0997. The number of aromatic nitrogens is 1. The molecule has 0 aliphatic rings. The van der Waals surface area contributed by atoms with Crippen LogP contribution in [0.1, 0.15) is 17.4 Å². The second-order valence-electron chi connectivity index (χ2n) is 4.29. The first-order chi connectivity index (χ1) is 9.48. The first-order valence-corrected chi connectivity index (χ1v) is 8.65. The molecule has 0 saturated carbocycles. The number of hydrogen-bond donors (Lipinski definition) is 1. The van der Waals surface area contributed by atoms with E-state index in [1.807, 2.05) is 6.92 Å². The van der Waals surface area contributed by atoms with E-state index >= 15 is 0 Å². The number of nitrogens with zero attached hydrogens (tertiary/aromatic N) is 1. The van der Waals surface area contributed by atoms with Crippen LogP contribution in [-0.4, -0.2) is 19.2 Å². The molecule has 0 bridgehead atoms. The Hall–Kier alpha value is -1.47. The van der Waals surface area contributed by atoms with Crippen LogP contribution in [-0.2, 0) is 22.9 Å². The van der Waals surface area contributed by atoms with Crippen molar-refractivity contribution in [3.05, 3.63) is 46.7 Å². The van der Waals surface area contributed by atoms with Gasteiger partial charge in [0, 0.05) is 11.1 Å². The summed E-state index contributed by atoms with van der Waals surface area (Å²) in [6.07, 6.45) is 2.75. The first-order valence-electron chi connectivity index (χ1n) is 6.18. The predicted molar refractivity (Wildman–Crippen MR) is 79.0 cm³/mol. The Morgan fingerprint density at radius 1 is 1.40 bits per heavy atom. The Morgan fingerprint density at radius 2 is 2.20 bits per heavy atom. The summed E-state index contributed by atoms with van der Waals surface area (Å²) < 4.78 is 39.3. The third kappa shape index (κ3) is 4.28. The highest BCUT2D eigenvalue weighted by atomic mass is 32.2. The number of halogens is 1. The van der Waals surface area contributed by atoms with Gasteiger partial charge < -0.3 is 0 Å². The van der Waals surface area contributed by atoms with Gasteiger partial charge in [-0.05, 0) is 30.5 Å². The summed E-state index contributed by atoms with van der Waals surface area (Å²) in [5.74, 6) is -0.460. The van der Waals surface area contributed by atoms with Crippen molar-refractivity contribution < 1.29 is 12.8 Å². The van der Waals surface area contributed by atoms with Crippen LogP contribution >= 0.6 is 11.3 Å². The van der Waals surface area contributed by atoms with Crippen molar-refractivity contribution in [1.82, 2.24) is 4.98 Å². The van der Waals surface area contributed by atoms with Crippen LogP contribution in [0, 0.1) is 5.82 Å². The highest BCUT2D eigenvalue weighted by molar-refractivity contribution is 7.92. The van der Waals surface area contributed by atoms with Crippen LogP contribution in [0.2, 0.25) is 0 Å². The van der Waals surface area contributed by atoms with Gasteiger partial charge in [-0.15, -0.1) is 11.3 Å². The summed E-state index contributed by atoms with van der Waals surface area (Å²) >= 11 is 1.32. The SMILES string of the molecule is CCc1cnc(NS(=O)(=O)CCc2cccc(F)c2)s1. The molecule has 2 rings (SSSR count). The zero-order valence-corrected chi connectivity index (χ0v) is 12.6. The average Bonchev–Trinajstić information content (AvgIpc) is 2.83. The van der Waals surface area contributed by atoms with Crippen molar-refractivity contribution in [2.24, 2.45) is 0 Å². The van der Waals surface area contributed by atoms with E-state index in [-0.39, 0.29) is 18.0 Å². The summed E-state index contributed by atoms with van der Waals surface area (Å²) in [7, 11) is -3.47. The molecule has 0 saturated heterocycles. The van der Waals surface area contributed by atoms with Gasteiger partial charge in [-0.2, -0.15) is 0 Å². The molecular weight excluding hydrogens is 299 g/mol. The van der Waals surface area contributed by atoms with E-state index in [2.05, 4.69) is 9.71 Å². The van der Waals surface area contributed by atoms with Gasteiger partial charge in [0.25, 0.3) is 0 Å². The number of anilines is 1. The van der Waals surface area contributed by atoms with Crippen molar-refractivity contribution in [3.8, 4) is 0 Å². The van der Waals surface area contributed by atoms with Gasteiger partial charge in [-0.3, -0.25) is 4.72 Å². The lowest BCUT2D eigenvalue weighted by Crippen LogP contribution is -2.18. The minimum Gasteiger partial charge on any atom is -0.259 e. The molecule has 2 aromatic rings. The molecule has 1 aromatic carbocycles. The molecule has 0 amide bonds. The second-order valence-corrected chi connectivity index (χ2v) is 7.24. The Kier molecular flexibility index (Phi) is 4.72. The van der Waals surface area contributed by atoms with Crippen LogP contribution in [0.25, 0.3) is 0 Å². The van der Waals surface area contributed by atoms with Crippen molar-refractivity contribution >= 4 is 26.5 Å². The highest BCUT2D eigenvalue weighted by Gasteiger charge is 2.13. The van der Waals surface area contributed by atoms with Crippen LogP contribution in [0.4, 0.5) is 9.52 Å². The van der Waals surface area contributed by atoms with E-state index in [1.165, 1.54) is 23.5 Å². The molecule has 0 atom stereocenters. The summed E-state index contributed by atoms with van der Waals surface area (Å²) in [6, 6.07) is 5.95. The standard InChI is InChI=1S/C13H15FN2O2S2/c1-2-12-9-15-13(19-12)16-20(17,18)7-6-10-4-3-5-11(14)8-10/h3-5,8-9H,2,6-7H2,1H3,(H,15,16). The number of benzene rings is 1. The fourth-order valence-corrected chi connectivity index (χ4v) is 3.72. The molecule has 1 heterocycles. The van der Waals surface area contributed by atoms with Crippen LogP contribution in [0.15, 0.2) is 30.5 Å². The lowest BCUT2D eigenvalue weighted by molar-refractivity contribution is 0.599. The Labute approximate surface area is 121 Å². The molecule has 7 heteroatoms. The van der Waals surface area contributed by atoms with Crippen molar-refractivity contribution in [1.29, 1.82) is 0 Å². The number of hydrogen-bond acceptors (Lipinski definition) is 4. The first kappa shape index (κ1) is 14.9. The monoisotopic (exact) mass is 314 g/mol. The van der Waals surface area contributed by atoms with E-state index < -0.39 is 10.0 Å². The van der Waals surface area contributed by atoms with Gasteiger partial charge in [0.1, 0.15) is 5.82 Å². The molecule has 0 fully saturated rings. The van der Waals surface area contributed by atoms with Gasteiger partial charge in [0.2, 0.25) is 10.0 Å². The number of aryl methyl sites for hydroxylation is 2. The average molecular weight is 314 g/mol. The van der Waals surface area contributed by atoms with E-state index in [0.29, 0.717) is 10.7 Å². The Morgan fingerprint density at radius 3 is 2.85 bits per heavy atom. The number of rotatable bonds is 6. The van der Waals surface area contributed by atoms with Crippen molar-refractivity contribution in [2.45, 2.75) is 19.8 Å². The molecule has 108 valence electrons. The third-order valence-electron chi connectivity index (χ3n) is 2.69. The van der Waals surface area contributed by atoms with Crippen LogP contribution in [0.5, 0.6) is 0 Å². The highest BCUT2D eigenvalue weighted by Crippen LogP contribution is 2.19. The molecular formula is C13H15FN2O2S2. The molecule has 0 unspecified atom stereocenters. The second kappa shape index (κ2) is 6.32. The predicted octanol–water partition coefficient (Wildman–Crippen LogP) is 2.83. The maximum Gasteiger partial charge on any atom is 0.234 e. The van der Waals surface area contributed by atoms with Gasteiger partial charge in [0.05, 0.1) is 5.75 Å². The quantitative estimate of drug-likeness (QED) is 0.892. The molecule has 0 radical (unpaired) electrons. The zero-order chi connectivity index (χ0) is 14.6. The van der Waals surface area contributed by atoms with Crippen LogP contribution in [0.3, 0.4) is 0 Å². The number of sulfonamides is 1. The summed E-state index contributed by atoms with van der Waals surface area (Å²) in [5, 5.41) is 0.376. The molecule has 4 nitrogen and oxygen atoms in total. The molecule has 0 aliphatic heterocycles. The smallest absolute Gasteiger partial charge is 0.234 e. The lowest BCUT2D eigenvalue weighted by Gasteiger charge is -2.05.